The Morgan fingerprint density at radius 1 is 0.565 bits per heavy atom. The Bertz CT molecular complexity index is 238. The van der Waals surface area contributed by atoms with Gasteiger partial charge in [-0.15, -0.1) is 0 Å². The highest BCUT2D eigenvalue weighted by atomic mass is 31.2. The van der Waals surface area contributed by atoms with Crippen molar-refractivity contribution in [2.24, 2.45) is 0 Å². The van der Waals surface area contributed by atoms with Gasteiger partial charge in [0.25, 0.3) is 0 Å². The Labute approximate surface area is 149 Å². The molecule has 0 saturated heterocycles. The zero-order valence-electron chi connectivity index (χ0n) is 16.8. The van der Waals surface area contributed by atoms with E-state index in [1.54, 1.807) is 6.16 Å². The molecular weight excluding hydrogens is 295 g/mol. The van der Waals surface area contributed by atoms with Crippen LogP contribution in [0.25, 0.3) is 0 Å². The van der Waals surface area contributed by atoms with E-state index in [2.05, 4.69) is 33.4 Å². The summed E-state index contributed by atoms with van der Waals surface area (Å²) in [6, 6.07) is 0. The summed E-state index contributed by atoms with van der Waals surface area (Å²) in [5.41, 5.74) is 0. The van der Waals surface area contributed by atoms with Gasteiger partial charge in [0.15, 0.2) is 0 Å². The van der Waals surface area contributed by atoms with Gasteiger partial charge < -0.3 is 0 Å². The van der Waals surface area contributed by atoms with Gasteiger partial charge in [0.05, 0.1) is 24.6 Å². The smallest absolute Gasteiger partial charge is 0.0771 e. The van der Waals surface area contributed by atoms with Crippen molar-refractivity contribution in [3.05, 3.63) is 12.7 Å². The summed E-state index contributed by atoms with van der Waals surface area (Å²) in [4.78, 5) is 0. The summed E-state index contributed by atoms with van der Waals surface area (Å²) in [6.07, 6.45) is 26.9. The molecule has 0 radical (unpaired) electrons. The molecule has 0 rings (SSSR count). The quantitative estimate of drug-likeness (QED) is 0.133. The maximum absolute atomic E-state index is 4.08. The molecule has 0 nitrogen and oxygen atoms in total. The van der Waals surface area contributed by atoms with Crippen LogP contribution in [0.15, 0.2) is 12.7 Å². The van der Waals surface area contributed by atoms with E-state index >= 15 is 0 Å². The summed E-state index contributed by atoms with van der Waals surface area (Å²) >= 11 is 0. The molecule has 0 saturated carbocycles. The third kappa shape index (κ3) is 13.2. The molecule has 0 amide bonds. The predicted molar refractivity (Wildman–Crippen MR) is 114 cm³/mol. The SMILES string of the molecule is C=CC[P+](CCCC)(CCCC)CCCCCCCCCCC. The summed E-state index contributed by atoms with van der Waals surface area (Å²) in [7, 11) is -0.718. The second-order valence-corrected chi connectivity index (χ2v) is 11.9. The van der Waals surface area contributed by atoms with Crippen LogP contribution in [0.4, 0.5) is 0 Å². The molecule has 1 heteroatoms. The fourth-order valence-electron chi connectivity index (χ4n) is 3.63. The third-order valence-corrected chi connectivity index (χ3v) is 10.1. The standard InChI is InChI=1S/C22H46P/c1-5-9-12-13-14-15-16-17-18-22-23(19-8-4,20-10-6-2)21-11-7-3/h8H,4-7,9-22H2,1-3H3/q+1. The highest BCUT2D eigenvalue weighted by Gasteiger charge is 2.33. The van der Waals surface area contributed by atoms with Crippen molar-refractivity contribution >= 4 is 7.26 Å². The van der Waals surface area contributed by atoms with Gasteiger partial charge in [-0.25, -0.2) is 0 Å². The van der Waals surface area contributed by atoms with Crippen molar-refractivity contribution in [1.29, 1.82) is 0 Å². The molecule has 0 heterocycles. The Hall–Kier alpha value is 0.170. The zero-order chi connectivity index (χ0) is 17.2. The Balaban J connectivity index is 3.99. The van der Waals surface area contributed by atoms with Gasteiger partial charge in [0.2, 0.25) is 0 Å². The van der Waals surface area contributed by atoms with Gasteiger partial charge in [-0.3, -0.25) is 0 Å². The van der Waals surface area contributed by atoms with Crippen LogP contribution in [0, 0.1) is 0 Å². The minimum absolute atomic E-state index is 0.718. The Morgan fingerprint density at radius 2 is 0.957 bits per heavy atom. The van der Waals surface area contributed by atoms with Crippen molar-refractivity contribution in [2.45, 2.75) is 104 Å². The van der Waals surface area contributed by atoms with E-state index in [-0.39, 0.29) is 0 Å². The molecule has 0 bridgehead atoms. The van der Waals surface area contributed by atoms with Crippen LogP contribution in [0.2, 0.25) is 0 Å². The van der Waals surface area contributed by atoms with E-state index in [0.29, 0.717) is 0 Å². The molecule has 0 aromatic carbocycles. The molecule has 0 atom stereocenters. The van der Waals surface area contributed by atoms with Gasteiger partial charge in [0, 0.05) is 7.26 Å². The van der Waals surface area contributed by atoms with Crippen LogP contribution in [-0.2, 0) is 0 Å². The first-order valence-electron chi connectivity index (χ1n) is 10.7. The molecule has 138 valence electrons. The lowest BCUT2D eigenvalue weighted by molar-refractivity contribution is 0.572. The van der Waals surface area contributed by atoms with Crippen LogP contribution >= 0.6 is 7.26 Å². The lowest BCUT2D eigenvalue weighted by atomic mass is 10.1. The highest BCUT2D eigenvalue weighted by Crippen LogP contribution is 2.60. The summed E-state index contributed by atoms with van der Waals surface area (Å²) < 4.78 is 0. The molecule has 23 heavy (non-hydrogen) atoms. The van der Waals surface area contributed by atoms with E-state index in [4.69, 9.17) is 0 Å². The number of rotatable bonds is 18. The van der Waals surface area contributed by atoms with Gasteiger partial charge in [-0.05, 0) is 25.7 Å². The third-order valence-electron chi connectivity index (χ3n) is 5.22. The average molecular weight is 342 g/mol. The first-order valence-corrected chi connectivity index (χ1v) is 13.2. The van der Waals surface area contributed by atoms with Crippen LogP contribution in [0.5, 0.6) is 0 Å². The second-order valence-electron chi connectivity index (χ2n) is 7.52. The summed E-state index contributed by atoms with van der Waals surface area (Å²) in [5, 5.41) is 0. The minimum atomic E-state index is -0.718. The van der Waals surface area contributed by atoms with Gasteiger partial charge in [-0.2, -0.15) is 0 Å². The average Bonchev–Trinajstić information content (AvgIpc) is 2.56. The monoisotopic (exact) mass is 341 g/mol. The lowest BCUT2D eigenvalue weighted by Crippen LogP contribution is -2.11. The molecule has 0 fully saturated rings. The number of hydrogen-bond donors (Lipinski definition) is 0. The molecule has 0 aliphatic heterocycles. The minimum Gasteiger partial charge on any atom is -0.0995 e. The van der Waals surface area contributed by atoms with Crippen molar-refractivity contribution in [3.63, 3.8) is 0 Å². The zero-order valence-corrected chi connectivity index (χ0v) is 17.6. The molecule has 0 aliphatic carbocycles. The van der Waals surface area contributed by atoms with Crippen molar-refractivity contribution in [2.75, 3.05) is 24.6 Å². The second kappa shape index (κ2) is 17.0. The number of unbranched alkanes of at least 4 members (excludes halogenated alkanes) is 10. The maximum Gasteiger partial charge on any atom is 0.0771 e. The number of allylic oxidation sites excluding steroid dienone is 1. The van der Waals surface area contributed by atoms with Crippen LogP contribution in [0.3, 0.4) is 0 Å². The molecule has 0 aliphatic rings. The predicted octanol–water partition coefficient (Wildman–Crippen LogP) is 8.32. The Morgan fingerprint density at radius 3 is 1.39 bits per heavy atom. The van der Waals surface area contributed by atoms with Crippen molar-refractivity contribution in [1.82, 2.24) is 0 Å². The molecule has 0 spiro atoms. The van der Waals surface area contributed by atoms with Crippen LogP contribution in [-0.4, -0.2) is 24.6 Å². The Kier molecular flexibility index (Phi) is 17.1. The van der Waals surface area contributed by atoms with Crippen molar-refractivity contribution in [3.8, 4) is 0 Å². The first-order chi connectivity index (χ1) is 11.2. The van der Waals surface area contributed by atoms with E-state index in [1.165, 1.54) is 102 Å². The maximum atomic E-state index is 4.08. The van der Waals surface area contributed by atoms with E-state index < -0.39 is 7.26 Å². The fourth-order valence-corrected chi connectivity index (χ4v) is 8.26. The van der Waals surface area contributed by atoms with Gasteiger partial charge in [-0.1, -0.05) is 91.2 Å². The lowest BCUT2D eigenvalue weighted by Gasteiger charge is -2.27. The molecule has 0 N–H and O–H groups in total. The largest absolute Gasteiger partial charge is 0.0995 e. The normalized spacial score (nSPS) is 11.8. The molecule has 0 unspecified atom stereocenters. The first kappa shape index (κ1) is 23.2. The summed E-state index contributed by atoms with van der Waals surface area (Å²) in [5.74, 6) is 0. The summed E-state index contributed by atoms with van der Waals surface area (Å²) in [6.45, 7) is 11.1. The van der Waals surface area contributed by atoms with Gasteiger partial charge in [0.1, 0.15) is 0 Å². The van der Waals surface area contributed by atoms with E-state index in [9.17, 15) is 0 Å². The van der Waals surface area contributed by atoms with Crippen molar-refractivity contribution < 1.29 is 0 Å². The van der Waals surface area contributed by atoms with Crippen LogP contribution in [0.1, 0.15) is 104 Å². The van der Waals surface area contributed by atoms with Crippen LogP contribution < -0.4 is 0 Å². The van der Waals surface area contributed by atoms with E-state index in [1.807, 2.05) is 0 Å². The molecular formula is C22H46P+. The van der Waals surface area contributed by atoms with Gasteiger partial charge >= 0.3 is 0 Å². The fraction of sp³-hybridized carbons (Fsp3) is 0.909. The molecule has 0 aromatic rings. The number of hydrogen-bond acceptors (Lipinski definition) is 0. The highest BCUT2D eigenvalue weighted by molar-refractivity contribution is 7.76. The topological polar surface area (TPSA) is 0 Å². The molecule has 0 aromatic heterocycles. The van der Waals surface area contributed by atoms with E-state index in [0.717, 1.165) is 0 Å².